The molecule has 1 heterocycles. The molecule has 0 bridgehead atoms. The fraction of sp³-hybridized carbons (Fsp3) is 0.500. The van der Waals surface area contributed by atoms with Crippen molar-refractivity contribution in [1.29, 1.82) is 0 Å². The Hall–Kier alpha value is -2.91. The van der Waals surface area contributed by atoms with Crippen LogP contribution in [-0.2, 0) is 16.3 Å². The van der Waals surface area contributed by atoms with E-state index < -0.39 is 17.1 Å². The molecule has 10 nitrogen and oxygen atoms in total. The molecule has 0 aliphatic carbocycles. The van der Waals surface area contributed by atoms with Gasteiger partial charge in [-0.2, -0.15) is 4.57 Å². The fourth-order valence-corrected chi connectivity index (χ4v) is 1.53. The highest BCUT2D eigenvalue weighted by Gasteiger charge is 2.12. The molecule has 0 aliphatic rings. The standard InChI is InChI=1S/C13H18N4O6.CH4/c1-10(2)15-13(19)22-9-16-6-3-4-11(8-16)12(18)14-5-7-23-17(20)21;/h3-4,6,8,10H,5,7,9H2,1-2H3,(H-,14,15,18,19);1H4/p+1. The van der Waals surface area contributed by atoms with Crippen LogP contribution in [0, 0.1) is 10.1 Å². The molecule has 0 aliphatic heterocycles. The lowest BCUT2D eigenvalue weighted by atomic mass is 10.2. The van der Waals surface area contributed by atoms with Gasteiger partial charge in [-0.25, -0.2) is 4.79 Å². The first-order valence-electron chi connectivity index (χ1n) is 6.86. The number of rotatable bonds is 8. The van der Waals surface area contributed by atoms with Gasteiger partial charge in [0.1, 0.15) is 12.2 Å². The number of aromatic nitrogens is 1. The quantitative estimate of drug-likeness (QED) is 0.309. The van der Waals surface area contributed by atoms with E-state index in [1.54, 1.807) is 18.3 Å². The Morgan fingerprint density at radius 2 is 2.12 bits per heavy atom. The minimum absolute atomic E-state index is 0. The molecule has 2 amide bonds. The Labute approximate surface area is 139 Å². The number of nitrogens with one attached hydrogen (secondary N) is 2. The third-order valence-electron chi connectivity index (χ3n) is 2.46. The number of hydrogen-bond donors (Lipinski definition) is 2. The van der Waals surface area contributed by atoms with Crippen molar-refractivity contribution in [1.82, 2.24) is 10.6 Å². The summed E-state index contributed by atoms with van der Waals surface area (Å²) >= 11 is 0. The normalized spacial score (nSPS) is 9.62. The van der Waals surface area contributed by atoms with E-state index in [1.807, 2.05) is 13.8 Å². The van der Waals surface area contributed by atoms with E-state index >= 15 is 0 Å². The molecule has 0 unspecified atom stereocenters. The number of alkyl carbamates (subject to hydrolysis) is 1. The van der Waals surface area contributed by atoms with Gasteiger partial charge in [-0.15, -0.1) is 10.1 Å². The van der Waals surface area contributed by atoms with Crippen molar-refractivity contribution in [2.75, 3.05) is 13.2 Å². The maximum Gasteiger partial charge on any atom is 0.412 e. The van der Waals surface area contributed by atoms with Gasteiger partial charge in [-0.3, -0.25) is 4.79 Å². The van der Waals surface area contributed by atoms with E-state index in [1.165, 1.54) is 10.8 Å². The smallest absolute Gasteiger partial charge is 0.388 e. The number of nitrogens with zero attached hydrogens (tertiary/aromatic N) is 2. The van der Waals surface area contributed by atoms with Crippen LogP contribution in [0.25, 0.3) is 0 Å². The second-order valence-electron chi connectivity index (χ2n) is 4.78. The Kier molecular flexibility index (Phi) is 9.45. The Balaban J connectivity index is 0.00000529. The highest BCUT2D eigenvalue weighted by Crippen LogP contribution is 1.94. The predicted molar refractivity (Wildman–Crippen MR) is 83.4 cm³/mol. The molecule has 0 saturated heterocycles. The summed E-state index contributed by atoms with van der Waals surface area (Å²) < 4.78 is 6.50. The average Bonchev–Trinajstić information content (AvgIpc) is 2.49. The lowest BCUT2D eigenvalue weighted by molar-refractivity contribution is -0.757. The summed E-state index contributed by atoms with van der Waals surface area (Å²) in [7, 11) is 0. The first kappa shape index (κ1) is 21.1. The van der Waals surface area contributed by atoms with Gasteiger partial charge in [0.25, 0.3) is 17.7 Å². The second kappa shape index (κ2) is 10.8. The molecule has 0 spiro atoms. The van der Waals surface area contributed by atoms with Crippen LogP contribution in [0.5, 0.6) is 0 Å². The van der Waals surface area contributed by atoms with Gasteiger partial charge in [0.05, 0.1) is 0 Å². The van der Waals surface area contributed by atoms with Crippen molar-refractivity contribution < 1.29 is 28.8 Å². The molecule has 0 fully saturated rings. The molecule has 2 N–H and O–H groups in total. The van der Waals surface area contributed by atoms with Crippen molar-refractivity contribution in [3.63, 3.8) is 0 Å². The molecular weight excluding hydrogens is 320 g/mol. The molecule has 24 heavy (non-hydrogen) atoms. The Bertz CT molecular complexity index is 564. The van der Waals surface area contributed by atoms with E-state index in [2.05, 4.69) is 15.5 Å². The van der Waals surface area contributed by atoms with E-state index in [9.17, 15) is 19.7 Å². The minimum atomic E-state index is -0.928. The third-order valence-corrected chi connectivity index (χ3v) is 2.46. The zero-order valence-corrected chi connectivity index (χ0v) is 12.9. The highest BCUT2D eigenvalue weighted by atomic mass is 16.9. The molecule has 134 valence electrons. The summed E-state index contributed by atoms with van der Waals surface area (Å²) in [4.78, 5) is 37.3. The van der Waals surface area contributed by atoms with Crippen LogP contribution >= 0.6 is 0 Å². The number of carbonyl (C=O) groups excluding carboxylic acids is 2. The summed E-state index contributed by atoms with van der Waals surface area (Å²) in [5.74, 6) is -0.419. The van der Waals surface area contributed by atoms with Gasteiger partial charge in [0, 0.05) is 18.7 Å². The van der Waals surface area contributed by atoms with Crippen LogP contribution in [0.3, 0.4) is 0 Å². The molecule has 1 aromatic rings. The van der Waals surface area contributed by atoms with Gasteiger partial charge in [0.15, 0.2) is 12.4 Å². The largest absolute Gasteiger partial charge is 0.412 e. The van der Waals surface area contributed by atoms with E-state index in [4.69, 9.17) is 4.74 Å². The summed E-state index contributed by atoms with van der Waals surface area (Å²) in [6.07, 6.45) is 2.57. The van der Waals surface area contributed by atoms with Gasteiger partial charge in [-0.1, -0.05) is 7.43 Å². The van der Waals surface area contributed by atoms with Crippen molar-refractivity contribution in [2.24, 2.45) is 0 Å². The van der Waals surface area contributed by atoms with Crippen LogP contribution in [0.15, 0.2) is 24.5 Å². The molecule has 0 aromatic carbocycles. The number of hydrogen-bond acceptors (Lipinski definition) is 6. The van der Waals surface area contributed by atoms with Crippen LogP contribution < -0.4 is 15.2 Å². The molecule has 10 heteroatoms. The van der Waals surface area contributed by atoms with Crippen molar-refractivity contribution in [3.05, 3.63) is 40.2 Å². The molecule has 1 rings (SSSR count). The zero-order chi connectivity index (χ0) is 17.2. The highest BCUT2D eigenvalue weighted by molar-refractivity contribution is 5.93. The summed E-state index contributed by atoms with van der Waals surface area (Å²) in [5.41, 5.74) is 0.321. The molecule has 0 saturated carbocycles. The topological polar surface area (TPSA) is 124 Å². The maximum atomic E-state index is 11.9. The van der Waals surface area contributed by atoms with Crippen LogP contribution in [0.1, 0.15) is 31.6 Å². The van der Waals surface area contributed by atoms with Gasteiger partial charge < -0.3 is 20.2 Å². The van der Waals surface area contributed by atoms with E-state index in [0.29, 0.717) is 5.56 Å². The van der Waals surface area contributed by atoms with Crippen LogP contribution in [0.4, 0.5) is 4.79 Å². The minimum Gasteiger partial charge on any atom is -0.388 e. The Morgan fingerprint density at radius 1 is 1.42 bits per heavy atom. The SMILES string of the molecule is C.CC(C)NC(=O)OC[n+]1cccc(C(=O)NCCO[N+](=O)[O-])c1. The van der Waals surface area contributed by atoms with Gasteiger partial charge >= 0.3 is 6.09 Å². The molecule has 1 aromatic heterocycles. The number of pyridine rings is 1. The van der Waals surface area contributed by atoms with E-state index in [0.717, 1.165) is 0 Å². The molecule has 0 atom stereocenters. The lowest BCUT2D eigenvalue weighted by Gasteiger charge is -2.07. The fourth-order valence-electron chi connectivity index (χ4n) is 1.53. The number of ether oxygens (including phenoxy) is 1. The van der Waals surface area contributed by atoms with E-state index in [-0.39, 0.29) is 33.4 Å². The number of amides is 2. The van der Waals surface area contributed by atoms with Crippen molar-refractivity contribution in [2.45, 2.75) is 34.0 Å². The summed E-state index contributed by atoms with van der Waals surface area (Å²) in [6.45, 7) is 3.33. The lowest BCUT2D eigenvalue weighted by Crippen LogP contribution is -2.40. The monoisotopic (exact) mass is 343 g/mol. The Morgan fingerprint density at radius 3 is 2.75 bits per heavy atom. The van der Waals surface area contributed by atoms with Gasteiger partial charge in [-0.05, 0) is 19.9 Å². The van der Waals surface area contributed by atoms with Crippen LogP contribution in [0.2, 0.25) is 0 Å². The van der Waals surface area contributed by atoms with Gasteiger partial charge in [0.2, 0.25) is 0 Å². The molecule has 0 radical (unpaired) electrons. The molecular formula is C14H23N4O6+. The average molecular weight is 343 g/mol. The summed E-state index contributed by atoms with van der Waals surface area (Å²) in [5, 5.41) is 14.1. The summed E-state index contributed by atoms with van der Waals surface area (Å²) in [6, 6.07) is 3.14. The third kappa shape index (κ3) is 8.51. The predicted octanol–water partition coefficient (Wildman–Crippen LogP) is 0.640. The maximum absolute atomic E-state index is 11.9. The van der Waals surface area contributed by atoms with Crippen molar-refractivity contribution >= 4 is 12.0 Å². The second-order valence-corrected chi connectivity index (χ2v) is 4.78. The van der Waals surface area contributed by atoms with Crippen molar-refractivity contribution in [3.8, 4) is 0 Å². The first-order valence-corrected chi connectivity index (χ1v) is 6.86. The first-order chi connectivity index (χ1) is 10.9. The number of carbonyl (C=O) groups is 2. The zero-order valence-electron chi connectivity index (χ0n) is 12.9. The van der Waals surface area contributed by atoms with Crippen LogP contribution in [-0.4, -0.2) is 36.3 Å².